The Morgan fingerprint density at radius 2 is 2.27 bits per heavy atom. The summed E-state index contributed by atoms with van der Waals surface area (Å²) in [6, 6.07) is 0. The average Bonchev–Trinajstić information content (AvgIpc) is 1.95. The van der Waals surface area contributed by atoms with Crippen LogP contribution in [0.25, 0.3) is 0 Å². The topological polar surface area (TPSA) is 17.1 Å². The van der Waals surface area contributed by atoms with Gasteiger partial charge in [0.05, 0.1) is 0 Å². The fraction of sp³-hybridized carbons (Fsp3) is 0.500. The highest BCUT2D eigenvalue weighted by atomic mass is 16.1. The third-order valence-corrected chi connectivity index (χ3v) is 2.28. The van der Waals surface area contributed by atoms with Gasteiger partial charge in [0, 0.05) is 5.41 Å². The van der Waals surface area contributed by atoms with E-state index in [4.69, 9.17) is 0 Å². The van der Waals surface area contributed by atoms with Crippen LogP contribution in [0, 0.1) is 5.41 Å². The first kappa shape index (κ1) is 8.25. The predicted molar refractivity (Wildman–Crippen MR) is 46.3 cm³/mol. The fourth-order valence-electron chi connectivity index (χ4n) is 1.18. The molecular weight excluding hydrogens is 136 g/mol. The highest BCUT2D eigenvalue weighted by molar-refractivity contribution is 5.96. The van der Waals surface area contributed by atoms with Gasteiger partial charge in [0.15, 0.2) is 5.78 Å². The molecule has 1 nitrogen and oxygen atoms in total. The summed E-state index contributed by atoms with van der Waals surface area (Å²) in [4.78, 5) is 11.4. The predicted octanol–water partition coefficient (Wildman–Crippen LogP) is 2.49. The lowest BCUT2D eigenvalue weighted by molar-refractivity contribution is -0.123. The minimum atomic E-state index is -0.146. The molecule has 11 heavy (non-hydrogen) atoms. The van der Waals surface area contributed by atoms with Crippen molar-refractivity contribution < 1.29 is 4.79 Å². The Morgan fingerprint density at radius 1 is 1.64 bits per heavy atom. The second-order valence-electron chi connectivity index (χ2n) is 3.67. The molecule has 0 unspecified atom stereocenters. The summed E-state index contributed by atoms with van der Waals surface area (Å²) in [6.45, 7) is 7.63. The Morgan fingerprint density at radius 3 is 2.73 bits per heavy atom. The molecule has 0 N–H and O–H groups in total. The van der Waals surface area contributed by atoms with E-state index in [0.717, 1.165) is 18.4 Å². The van der Waals surface area contributed by atoms with Gasteiger partial charge in [-0.15, -0.1) is 0 Å². The monoisotopic (exact) mass is 150 g/mol. The molecule has 0 radical (unpaired) electrons. The van der Waals surface area contributed by atoms with Crippen LogP contribution in [0.3, 0.4) is 0 Å². The summed E-state index contributed by atoms with van der Waals surface area (Å²) < 4.78 is 0. The maximum absolute atomic E-state index is 11.4. The molecule has 0 aromatic heterocycles. The fourth-order valence-corrected chi connectivity index (χ4v) is 1.18. The number of rotatable bonds is 1. The molecule has 1 rings (SSSR count). The van der Waals surface area contributed by atoms with E-state index in [9.17, 15) is 4.79 Å². The Kier molecular flexibility index (Phi) is 1.99. The standard InChI is InChI=1S/C10H14O/c1-4-8-5-6-10(2,3)9(11)7-8/h4,7H,1,5-6H2,2-3H3. The van der Waals surface area contributed by atoms with Crippen LogP contribution in [0.5, 0.6) is 0 Å². The van der Waals surface area contributed by atoms with Crippen molar-refractivity contribution >= 4 is 5.78 Å². The van der Waals surface area contributed by atoms with Crippen molar-refractivity contribution in [3.63, 3.8) is 0 Å². The number of carbonyl (C=O) groups is 1. The Hall–Kier alpha value is -0.850. The third kappa shape index (κ3) is 1.59. The zero-order valence-corrected chi connectivity index (χ0v) is 7.18. The van der Waals surface area contributed by atoms with E-state index >= 15 is 0 Å². The number of carbonyl (C=O) groups excluding carboxylic acids is 1. The Labute approximate surface area is 67.8 Å². The van der Waals surface area contributed by atoms with Crippen molar-refractivity contribution in [1.29, 1.82) is 0 Å². The first-order valence-corrected chi connectivity index (χ1v) is 3.94. The first-order valence-electron chi connectivity index (χ1n) is 3.94. The molecule has 60 valence electrons. The van der Waals surface area contributed by atoms with Crippen LogP contribution >= 0.6 is 0 Å². The van der Waals surface area contributed by atoms with E-state index in [1.807, 2.05) is 13.8 Å². The molecule has 1 aliphatic carbocycles. The number of hydrogen-bond acceptors (Lipinski definition) is 1. The van der Waals surface area contributed by atoms with E-state index in [1.54, 1.807) is 12.2 Å². The second kappa shape index (κ2) is 2.65. The Balaban J connectivity index is 2.87. The zero-order chi connectivity index (χ0) is 8.48. The normalized spacial score (nSPS) is 22.7. The van der Waals surface area contributed by atoms with Crippen molar-refractivity contribution in [2.75, 3.05) is 0 Å². The van der Waals surface area contributed by atoms with Crippen LogP contribution in [-0.2, 0) is 4.79 Å². The van der Waals surface area contributed by atoms with Crippen LogP contribution in [0.15, 0.2) is 24.3 Å². The van der Waals surface area contributed by atoms with Crippen LogP contribution in [0.1, 0.15) is 26.7 Å². The van der Waals surface area contributed by atoms with Gasteiger partial charge >= 0.3 is 0 Å². The molecule has 0 aromatic carbocycles. The van der Waals surface area contributed by atoms with E-state index in [0.29, 0.717) is 0 Å². The lowest BCUT2D eigenvalue weighted by atomic mass is 9.77. The van der Waals surface area contributed by atoms with Crippen molar-refractivity contribution in [1.82, 2.24) is 0 Å². The SMILES string of the molecule is C=CC1=CC(=O)C(C)(C)CC1. The first-order chi connectivity index (χ1) is 5.06. The average molecular weight is 150 g/mol. The summed E-state index contributed by atoms with van der Waals surface area (Å²) in [7, 11) is 0. The van der Waals surface area contributed by atoms with Crippen molar-refractivity contribution in [3.05, 3.63) is 24.3 Å². The molecule has 0 aromatic rings. The highest BCUT2D eigenvalue weighted by Crippen LogP contribution is 2.31. The molecule has 0 heterocycles. The van der Waals surface area contributed by atoms with E-state index in [-0.39, 0.29) is 11.2 Å². The maximum Gasteiger partial charge on any atom is 0.161 e. The smallest absolute Gasteiger partial charge is 0.161 e. The van der Waals surface area contributed by atoms with Gasteiger partial charge in [-0.1, -0.05) is 26.5 Å². The quantitative estimate of drug-likeness (QED) is 0.561. The molecular formula is C10H14O. The van der Waals surface area contributed by atoms with Gasteiger partial charge in [0.25, 0.3) is 0 Å². The largest absolute Gasteiger partial charge is 0.294 e. The molecule has 0 atom stereocenters. The van der Waals surface area contributed by atoms with Crippen molar-refractivity contribution in [3.8, 4) is 0 Å². The lowest BCUT2D eigenvalue weighted by Gasteiger charge is -2.25. The van der Waals surface area contributed by atoms with Crippen LogP contribution < -0.4 is 0 Å². The van der Waals surface area contributed by atoms with Gasteiger partial charge in [-0.3, -0.25) is 4.79 Å². The maximum atomic E-state index is 11.4. The molecule has 0 bridgehead atoms. The van der Waals surface area contributed by atoms with Gasteiger partial charge in [0.2, 0.25) is 0 Å². The lowest BCUT2D eigenvalue weighted by Crippen LogP contribution is -2.25. The van der Waals surface area contributed by atoms with Gasteiger partial charge in [-0.05, 0) is 24.5 Å². The number of ketones is 1. The second-order valence-corrected chi connectivity index (χ2v) is 3.67. The molecule has 0 fully saturated rings. The van der Waals surface area contributed by atoms with Crippen LogP contribution in [0.4, 0.5) is 0 Å². The van der Waals surface area contributed by atoms with Gasteiger partial charge in [0.1, 0.15) is 0 Å². The summed E-state index contributed by atoms with van der Waals surface area (Å²) in [5.41, 5.74) is 0.932. The third-order valence-electron chi connectivity index (χ3n) is 2.28. The molecule has 0 saturated carbocycles. The summed E-state index contributed by atoms with van der Waals surface area (Å²) in [5, 5.41) is 0. The number of allylic oxidation sites excluding steroid dienone is 3. The van der Waals surface area contributed by atoms with E-state index < -0.39 is 0 Å². The van der Waals surface area contributed by atoms with Crippen LogP contribution in [-0.4, -0.2) is 5.78 Å². The molecule has 1 heteroatoms. The van der Waals surface area contributed by atoms with Crippen molar-refractivity contribution in [2.45, 2.75) is 26.7 Å². The molecule has 0 aliphatic heterocycles. The Bertz CT molecular complexity index is 221. The zero-order valence-electron chi connectivity index (χ0n) is 7.18. The summed E-state index contributed by atoms with van der Waals surface area (Å²) >= 11 is 0. The minimum absolute atomic E-state index is 0.146. The summed E-state index contributed by atoms with van der Waals surface area (Å²) in [5.74, 6) is 0.235. The number of hydrogen-bond donors (Lipinski definition) is 0. The van der Waals surface area contributed by atoms with Gasteiger partial charge < -0.3 is 0 Å². The molecule has 0 saturated heterocycles. The van der Waals surface area contributed by atoms with Crippen molar-refractivity contribution in [2.24, 2.45) is 5.41 Å². The van der Waals surface area contributed by atoms with Crippen LogP contribution in [0.2, 0.25) is 0 Å². The van der Waals surface area contributed by atoms with E-state index in [2.05, 4.69) is 6.58 Å². The molecule has 0 amide bonds. The molecule has 1 aliphatic rings. The van der Waals surface area contributed by atoms with E-state index in [1.165, 1.54) is 0 Å². The van der Waals surface area contributed by atoms with Gasteiger partial charge in [-0.25, -0.2) is 0 Å². The highest BCUT2D eigenvalue weighted by Gasteiger charge is 2.28. The minimum Gasteiger partial charge on any atom is -0.294 e. The molecule has 0 spiro atoms. The van der Waals surface area contributed by atoms with Gasteiger partial charge in [-0.2, -0.15) is 0 Å². The summed E-state index contributed by atoms with van der Waals surface area (Å²) in [6.07, 6.45) is 5.43.